The second-order valence-electron chi connectivity index (χ2n) is 6.21. The largest absolute Gasteiger partial charge is 0.497 e. The van der Waals surface area contributed by atoms with Crippen molar-refractivity contribution in [2.24, 2.45) is 5.92 Å². The average Bonchev–Trinajstić information content (AvgIpc) is 2.64. The van der Waals surface area contributed by atoms with Gasteiger partial charge >= 0.3 is 0 Å². The van der Waals surface area contributed by atoms with Crippen molar-refractivity contribution in [3.8, 4) is 5.75 Å². The molecule has 1 aliphatic heterocycles. The van der Waals surface area contributed by atoms with Crippen LogP contribution in [0.5, 0.6) is 5.75 Å². The smallest absolute Gasteiger partial charge is 0.223 e. The van der Waals surface area contributed by atoms with Gasteiger partial charge in [-0.25, -0.2) is 0 Å². The minimum Gasteiger partial charge on any atom is -0.497 e. The third-order valence-corrected chi connectivity index (χ3v) is 4.72. The van der Waals surface area contributed by atoms with Gasteiger partial charge in [0.05, 0.1) is 13.2 Å². The number of piperidine rings is 1. The molecular weight excluding hydrogens is 302 g/mol. The first kappa shape index (κ1) is 16.5. The maximum atomic E-state index is 12.6. The van der Waals surface area contributed by atoms with Crippen LogP contribution in [0.15, 0.2) is 54.6 Å². The topological polar surface area (TPSA) is 49.8 Å². The average molecular weight is 325 g/mol. The Bertz CT molecular complexity index is 669. The van der Waals surface area contributed by atoms with Crippen molar-refractivity contribution in [3.05, 3.63) is 65.7 Å². The van der Waals surface area contributed by atoms with E-state index in [0.717, 1.165) is 23.3 Å². The number of likely N-dealkylation sites (tertiary alicyclic amines) is 1. The predicted molar refractivity (Wildman–Crippen MR) is 92.5 cm³/mol. The quantitative estimate of drug-likeness (QED) is 0.918. The second-order valence-corrected chi connectivity index (χ2v) is 6.21. The van der Waals surface area contributed by atoms with Gasteiger partial charge in [-0.2, -0.15) is 0 Å². The molecule has 0 saturated carbocycles. The van der Waals surface area contributed by atoms with Crippen LogP contribution in [-0.2, 0) is 11.3 Å². The third kappa shape index (κ3) is 3.44. The summed E-state index contributed by atoms with van der Waals surface area (Å²) in [6.07, 6.45) is 1.21. The van der Waals surface area contributed by atoms with Gasteiger partial charge in [-0.15, -0.1) is 0 Å². The van der Waals surface area contributed by atoms with E-state index >= 15 is 0 Å². The maximum Gasteiger partial charge on any atom is 0.223 e. The van der Waals surface area contributed by atoms with Crippen LogP contribution < -0.4 is 4.74 Å². The van der Waals surface area contributed by atoms with E-state index in [0.29, 0.717) is 13.0 Å². The molecule has 1 heterocycles. The first-order chi connectivity index (χ1) is 11.7. The summed E-state index contributed by atoms with van der Waals surface area (Å²) in [7, 11) is 1.64. The molecule has 1 N–H and O–H groups in total. The molecule has 0 aliphatic carbocycles. The van der Waals surface area contributed by atoms with Gasteiger partial charge in [0.2, 0.25) is 5.91 Å². The van der Waals surface area contributed by atoms with Crippen LogP contribution in [0.3, 0.4) is 0 Å². The Morgan fingerprint density at radius 2 is 1.83 bits per heavy atom. The summed E-state index contributed by atoms with van der Waals surface area (Å²) in [5, 5.41) is 9.83. The van der Waals surface area contributed by atoms with Gasteiger partial charge in [0, 0.05) is 25.5 Å². The summed E-state index contributed by atoms with van der Waals surface area (Å²) in [5.74, 6) is 0.986. The van der Waals surface area contributed by atoms with Crippen molar-refractivity contribution in [1.82, 2.24) is 4.90 Å². The SMILES string of the molecule is COc1ccc([C@@H]2[C@H](CO)CCC(=O)N2Cc2ccccc2)cc1. The summed E-state index contributed by atoms with van der Waals surface area (Å²) in [5.41, 5.74) is 2.14. The third-order valence-electron chi connectivity index (χ3n) is 4.72. The molecule has 0 aromatic heterocycles. The lowest BCUT2D eigenvalue weighted by molar-refractivity contribution is -0.140. The molecule has 2 aromatic rings. The molecule has 0 spiro atoms. The monoisotopic (exact) mass is 325 g/mol. The standard InChI is InChI=1S/C20H23NO3/c1-24-18-10-7-16(8-11-18)20-17(14-22)9-12-19(23)21(20)13-15-5-3-2-4-6-15/h2-8,10-11,17,20,22H,9,12-14H2,1H3/t17-,20+/m0/s1. The van der Waals surface area contributed by atoms with Crippen LogP contribution >= 0.6 is 0 Å². The number of rotatable bonds is 5. The van der Waals surface area contributed by atoms with E-state index in [1.54, 1.807) is 7.11 Å². The lowest BCUT2D eigenvalue weighted by atomic mass is 9.84. The Morgan fingerprint density at radius 3 is 2.46 bits per heavy atom. The molecule has 24 heavy (non-hydrogen) atoms. The molecule has 2 atom stereocenters. The maximum absolute atomic E-state index is 12.6. The van der Waals surface area contributed by atoms with Gasteiger partial charge in [-0.3, -0.25) is 4.79 Å². The molecule has 4 heteroatoms. The highest BCUT2D eigenvalue weighted by Gasteiger charge is 2.36. The van der Waals surface area contributed by atoms with Gasteiger partial charge in [0.25, 0.3) is 0 Å². The molecule has 1 fully saturated rings. The van der Waals surface area contributed by atoms with Crippen LogP contribution in [0.1, 0.15) is 30.0 Å². The molecule has 4 nitrogen and oxygen atoms in total. The Labute approximate surface area is 142 Å². The summed E-state index contributed by atoms with van der Waals surface area (Å²) < 4.78 is 5.22. The first-order valence-electron chi connectivity index (χ1n) is 8.31. The van der Waals surface area contributed by atoms with E-state index in [4.69, 9.17) is 4.74 Å². The summed E-state index contributed by atoms with van der Waals surface area (Å²) in [6, 6.07) is 17.7. The van der Waals surface area contributed by atoms with Crippen molar-refractivity contribution in [2.75, 3.05) is 13.7 Å². The molecule has 0 unspecified atom stereocenters. The number of aliphatic hydroxyl groups excluding tert-OH is 1. The fourth-order valence-corrected chi connectivity index (χ4v) is 3.43. The molecule has 3 rings (SSSR count). The predicted octanol–water partition coefficient (Wildman–Crippen LogP) is 3.17. The van der Waals surface area contributed by atoms with E-state index < -0.39 is 0 Å². The first-order valence-corrected chi connectivity index (χ1v) is 8.31. The van der Waals surface area contributed by atoms with Gasteiger partial charge in [0.15, 0.2) is 0 Å². The summed E-state index contributed by atoms with van der Waals surface area (Å²) in [4.78, 5) is 14.5. The molecule has 0 radical (unpaired) electrons. The Balaban J connectivity index is 1.92. The van der Waals surface area contributed by atoms with E-state index in [1.807, 2.05) is 59.5 Å². The Morgan fingerprint density at radius 1 is 1.12 bits per heavy atom. The van der Waals surface area contributed by atoms with E-state index in [2.05, 4.69) is 0 Å². The van der Waals surface area contributed by atoms with Crippen LogP contribution in [0.4, 0.5) is 0 Å². The summed E-state index contributed by atoms with van der Waals surface area (Å²) >= 11 is 0. The number of carbonyl (C=O) groups is 1. The number of ether oxygens (including phenoxy) is 1. The second kappa shape index (κ2) is 7.49. The van der Waals surface area contributed by atoms with Crippen molar-refractivity contribution in [2.45, 2.75) is 25.4 Å². The number of hydrogen-bond donors (Lipinski definition) is 1. The van der Waals surface area contributed by atoms with Crippen LogP contribution in [0.2, 0.25) is 0 Å². The number of nitrogens with zero attached hydrogens (tertiary/aromatic N) is 1. The van der Waals surface area contributed by atoms with Crippen molar-refractivity contribution >= 4 is 5.91 Å². The van der Waals surface area contributed by atoms with Gasteiger partial charge in [-0.1, -0.05) is 42.5 Å². The van der Waals surface area contributed by atoms with Crippen molar-refractivity contribution in [1.29, 1.82) is 0 Å². The van der Waals surface area contributed by atoms with E-state index in [1.165, 1.54) is 0 Å². The molecule has 1 saturated heterocycles. The molecule has 1 aliphatic rings. The Hall–Kier alpha value is -2.33. The highest BCUT2D eigenvalue weighted by atomic mass is 16.5. The lowest BCUT2D eigenvalue weighted by Gasteiger charge is -2.41. The molecule has 0 bridgehead atoms. The molecular formula is C20H23NO3. The highest BCUT2D eigenvalue weighted by Crippen LogP contribution is 2.38. The molecule has 1 amide bonds. The zero-order valence-electron chi connectivity index (χ0n) is 13.9. The van der Waals surface area contributed by atoms with Gasteiger partial charge in [0.1, 0.15) is 5.75 Å². The highest BCUT2D eigenvalue weighted by molar-refractivity contribution is 5.77. The minimum atomic E-state index is -0.109. The summed E-state index contributed by atoms with van der Waals surface area (Å²) in [6.45, 7) is 0.641. The fourth-order valence-electron chi connectivity index (χ4n) is 3.43. The number of hydrogen-bond acceptors (Lipinski definition) is 3. The molecule has 2 aromatic carbocycles. The number of carbonyl (C=O) groups excluding carboxylic acids is 1. The van der Waals surface area contributed by atoms with Crippen molar-refractivity contribution < 1.29 is 14.6 Å². The van der Waals surface area contributed by atoms with Crippen LogP contribution in [0, 0.1) is 5.92 Å². The Kier molecular flexibility index (Phi) is 5.16. The molecule has 126 valence electrons. The lowest BCUT2D eigenvalue weighted by Crippen LogP contribution is -2.43. The minimum absolute atomic E-state index is 0.0554. The van der Waals surface area contributed by atoms with Crippen LogP contribution in [-0.4, -0.2) is 29.6 Å². The fraction of sp³-hybridized carbons (Fsp3) is 0.350. The number of benzene rings is 2. The van der Waals surface area contributed by atoms with Crippen LogP contribution in [0.25, 0.3) is 0 Å². The number of amides is 1. The zero-order chi connectivity index (χ0) is 16.9. The van der Waals surface area contributed by atoms with E-state index in [9.17, 15) is 9.90 Å². The van der Waals surface area contributed by atoms with Crippen molar-refractivity contribution in [3.63, 3.8) is 0 Å². The van der Waals surface area contributed by atoms with Gasteiger partial charge in [-0.05, 0) is 29.7 Å². The van der Waals surface area contributed by atoms with E-state index in [-0.39, 0.29) is 24.5 Å². The number of aliphatic hydroxyl groups is 1. The number of methoxy groups -OCH3 is 1. The zero-order valence-corrected chi connectivity index (χ0v) is 13.9. The normalized spacial score (nSPS) is 20.9. The van der Waals surface area contributed by atoms with Gasteiger partial charge < -0.3 is 14.7 Å².